The van der Waals surface area contributed by atoms with Crippen molar-refractivity contribution < 1.29 is 17.6 Å². The van der Waals surface area contributed by atoms with E-state index in [4.69, 9.17) is 0 Å². The summed E-state index contributed by atoms with van der Waals surface area (Å²) in [5, 5.41) is 0. The Labute approximate surface area is 240 Å². The number of benzene rings is 3. The van der Waals surface area contributed by atoms with Crippen molar-refractivity contribution in [2.24, 2.45) is 13.0 Å². The summed E-state index contributed by atoms with van der Waals surface area (Å²) in [6.07, 6.45) is 6.64. The molecule has 2 aliphatic carbocycles. The number of amides is 1. The van der Waals surface area contributed by atoms with Crippen LogP contribution in [0.5, 0.6) is 0 Å². The van der Waals surface area contributed by atoms with Crippen molar-refractivity contribution in [1.82, 2.24) is 14.3 Å². The molecule has 1 fully saturated rings. The van der Waals surface area contributed by atoms with Crippen molar-refractivity contribution in [3.8, 4) is 0 Å². The van der Waals surface area contributed by atoms with E-state index in [0.717, 1.165) is 40.9 Å². The van der Waals surface area contributed by atoms with E-state index in [9.17, 15) is 17.6 Å². The summed E-state index contributed by atoms with van der Waals surface area (Å²) < 4.78 is 44.9. The molecule has 3 aromatic carbocycles. The number of nitrogens with zero attached hydrogens (tertiary/aromatic N) is 3. The highest BCUT2D eigenvalue weighted by Gasteiger charge is 2.46. The second-order valence-electron chi connectivity index (χ2n) is 11.1. The molecule has 0 radical (unpaired) electrons. The molecule has 1 amide bonds. The Morgan fingerprint density at radius 1 is 1.10 bits per heavy atom. The molecule has 1 N–H and O–H groups in total. The molecule has 212 valence electrons. The molecule has 3 atom stereocenters. The summed E-state index contributed by atoms with van der Waals surface area (Å²) in [4.78, 5) is 20.4. The van der Waals surface area contributed by atoms with Crippen LogP contribution in [0.2, 0.25) is 0 Å². The van der Waals surface area contributed by atoms with Crippen molar-refractivity contribution in [3.63, 3.8) is 0 Å². The van der Waals surface area contributed by atoms with Gasteiger partial charge >= 0.3 is 0 Å². The molecule has 0 aliphatic heterocycles. The van der Waals surface area contributed by atoms with Crippen LogP contribution < -0.4 is 9.62 Å². The van der Waals surface area contributed by atoms with Gasteiger partial charge in [0.05, 0.1) is 11.4 Å². The maximum atomic E-state index is 14.0. The van der Waals surface area contributed by atoms with Crippen molar-refractivity contribution in [2.45, 2.75) is 56.0 Å². The normalized spacial score (nSPS) is 19.9. The van der Waals surface area contributed by atoms with Crippen LogP contribution in [0.25, 0.3) is 0 Å². The molecule has 7 nitrogen and oxygen atoms in total. The van der Waals surface area contributed by atoms with Gasteiger partial charge in [-0.3, -0.25) is 4.79 Å². The molecule has 1 aromatic heterocycles. The lowest BCUT2D eigenvalue weighted by Gasteiger charge is -2.29. The van der Waals surface area contributed by atoms with Gasteiger partial charge < -0.3 is 9.47 Å². The average molecular weight is 573 g/mol. The second kappa shape index (κ2) is 10.9. The van der Waals surface area contributed by atoms with Crippen molar-refractivity contribution in [3.05, 3.63) is 113 Å². The van der Waals surface area contributed by atoms with Gasteiger partial charge in [0, 0.05) is 37.1 Å². The van der Waals surface area contributed by atoms with Crippen molar-refractivity contribution >= 4 is 21.6 Å². The molecule has 4 aromatic rings. The molecule has 41 heavy (non-hydrogen) atoms. The first kappa shape index (κ1) is 27.4. The minimum absolute atomic E-state index is 0.0186. The van der Waals surface area contributed by atoms with Gasteiger partial charge in [0.15, 0.2) is 0 Å². The molecular formula is C32H33FN4O3S. The Balaban J connectivity index is 1.31. The van der Waals surface area contributed by atoms with Gasteiger partial charge in [-0.1, -0.05) is 35.9 Å². The molecule has 0 unspecified atom stereocenters. The van der Waals surface area contributed by atoms with Crippen LogP contribution in [-0.2, 0) is 34.8 Å². The molecule has 1 saturated carbocycles. The number of halogens is 1. The van der Waals surface area contributed by atoms with Gasteiger partial charge in [-0.2, -0.15) is 0 Å². The third-order valence-corrected chi connectivity index (χ3v) is 9.76. The molecule has 0 bridgehead atoms. The number of aryl methyl sites for hydroxylation is 3. The zero-order valence-corrected chi connectivity index (χ0v) is 23.9. The molecule has 9 heteroatoms. The fourth-order valence-electron chi connectivity index (χ4n) is 5.78. The zero-order valence-electron chi connectivity index (χ0n) is 23.1. The number of hydrogen-bond donors (Lipinski definition) is 1. The summed E-state index contributed by atoms with van der Waals surface area (Å²) in [5.74, 6) is 0.253. The highest BCUT2D eigenvalue weighted by atomic mass is 32.2. The van der Waals surface area contributed by atoms with Gasteiger partial charge in [0.25, 0.3) is 0 Å². The first-order valence-corrected chi connectivity index (χ1v) is 15.4. The highest BCUT2D eigenvalue weighted by Crippen LogP contribution is 2.49. The van der Waals surface area contributed by atoms with Crippen LogP contribution in [0.3, 0.4) is 0 Å². The van der Waals surface area contributed by atoms with Crippen molar-refractivity contribution in [2.75, 3.05) is 4.90 Å². The number of sulfonamides is 1. The number of nitrogens with one attached hydrogen (secondary N) is 1. The van der Waals surface area contributed by atoms with Crippen LogP contribution in [0.4, 0.5) is 10.1 Å². The van der Waals surface area contributed by atoms with E-state index in [2.05, 4.69) is 9.71 Å². The van der Waals surface area contributed by atoms with Crippen molar-refractivity contribution in [1.29, 1.82) is 0 Å². The Morgan fingerprint density at radius 2 is 1.85 bits per heavy atom. The largest absolute Gasteiger partial charge is 0.337 e. The molecule has 2 aliphatic rings. The summed E-state index contributed by atoms with van der Waals surface area (Å²) in [6.45, 7) is 2.21. The lowest BCUT2D eigenvalue weighted by atomic mass is 9.87. The second-order valence-corrected chi connectivity index (χ2v) is 12.9. The number of carbonyl (C=O) groups is 1. The van der Waals surface area contributed by atoms with Crippen LogP contribution in [0.15, 0.2) is 84.0 Å². The van der Waals surface area contributed by atoms with Crippen LogP contribution in [0.1, 0.15) is 59.3 Å². The van der Waals surface area contributed by atoms with Gasteiger partial charge in [-0.15, -0.1) is 0 Å². The lowest BCUT2D eigenvalue weighted by Crippen LogP contribution is -2.34. The molecule has 0 spiro atoms. The van der Waals surface area contributed by atoms with E-state index in [1.165, 1.54) is 12.1 Å². The van der Waals surface area contributed by atoms with Crippen LogP contribution >= 0.6 is 0 Å². The Morgan fingerprint density at radius 3 is 2.56 bits per heavy atom. The van der Waals surface area contributed by atoms with Gasteiger partial charge in [-0.05, 0) is 91.6 Å². The SMILES string of the molecule is Cc1ccc(S(=O)(=O)N[C@@H]2CCCc3ccc(N(Cc4nccn4C)C(=O)[C@H]4C[C@@H]4c4ccc(F)cc4)cc32)cc1. The zero-order chi connectivity index (χ0) is 28.7. The predicted molar refractivity (Wildman–Crippen MR) is 155 cm³/mol. The van der Waals surface area contributed by atoms with E-state index in [-0.39, 0.29) is 35.0 Å². The van der Waals surface area contributed by atoms with E-state index in [1.54, 1.807) is 47.5 Å². The quantitative estimate of drug-likeness (QED) is 0.300. The summed E-state index contributed by atoms with van der Waals surface area (Å²) >= 11 is 0. The first-order valence-electron chi connectivity index (χ1n) is 13.9. The monoisotopic (exact) mass is 572 g/mol. The number of hydrogen-bond acceptors (Lipinski definition) is 4. The van der Waals surface area contributed by atoms with Crippen LogP contribution in [-0.4, -0.2) is 23.9 Å². The smallest absolute Gasteiger partial charge is 0.241 e. The molecule has 6 rings (SSSR count). The number of imidazole rings is 1. The summed E-state index contributed by atoms with van der Waals surface area (Å²) in [5.41, 5.74) is 4.64. The number of rotatable bonds is 8. The minimum Gasteiger partial charge on any atom is -0.337 e. The highest BCUT2D eigenvalue weighted by molar-refractivity contribution is 7.89. The fourth-order valence-corrected chi connectivity index (χ4v) is 7.03. The summed E-state index contributed by atoms with van der Waals surface area (Å²) in [7, 11) is -1.84. The first-order chi connectivity index (χ1) is 19.7. The maximum absolute atomic E-state index is 14.0. The Kier molecular flexibility index (Phi) is 7.25. The molecule has 0 saturated heterocycles. The topological polar surface area (TPSA) is 84.3 Å². The van der Waals surface area contributed by atoms with Gasteiger partial charge in [0.2, 0.25) is 15.9 Å². The Hall–Kier alpha value is -3.82. The number of aromatic nitrogens is 2. The minimum atomic E-state index is -3.73. The Bertz CT molecular complexity index is 1680. The van der Waals surface area contributed by atoms with E-state index in [0.29, 0.717) is 18.5 Å². The van der Waals surface area contributed by atoms with E-state index < -0.39 is 16.1 Å². The van der Waals surface area contributed by atoms with E-state index >= 15 is 0 Å². The fraction of sp³-hybridized carbons (Fsp3) is 0.312. The summed E-state index contributed by atoms with van der Waals surface area (Å²) in [6, 6.07) is 18.7. The van der Waals surface area contributed by atoms with Crippen LogP contribution in [0, 0.1) is 18.7 Å². The number of carbonyl (C=O) groups excluding carboxylic acids is 1. The molecule has 1 heterocycles. The number of anilines is 1. The third-order valence-electron chi connectivity index (χ3n) is 8.28. The third kappa shape index (κ3) is 5.69. The standard InChI is InChI=1S/C32H33FN4O3S/c1-21-6-14-26(15-7-21)41(39,40)35-30-5-3-4-22-10-13-25(18-28(22)30)37(20-31-34-16-17-36(31)2)32(38)29-19-27(29)23-8-11-24(33)12-9-23/h6-18,27,29-30,35H,3-5,19-20H2,1-2H3/t27-,29+,30-/m1/s1. The number of fused-ring (bicyclic) bond motifs is 1. The van der Waals surface area contributed by atoms with Gasteiger partial charge in [0.1, 0.15) is 11.6 Å². The lowest BCUT2D eigenvalue weighted by molar-refractivity contribution is -0.120. The average Bonchev–Trinajstić information content (AvgIpc) is 3.66. The van der Waals surface area contributed by atoms with E-state index in [1.807, 2.05) is 42.9 Å². The van der Waals surface area contributed by atoms with Gasteiger partial charge in [-0.25, -0.2) is 22.5 Å². The molecular weight excluding hydrogens is 539 g/mol. The maximum Gasteiger partial charge on any atom is 0.241 e. The predicted octanol–water partition coefficient (Wildman–Crippen LogP) is 5.56.